The molecular formula is C12H24N2OS. The molecule has 0 radical (unpaired) electrons. The van der Waals surface area contributed by atoms with Crippen molar-refractivity contribution >= 4 is 17.7 Å². The van der Waals surface area contributed by atoms with Gasteiger partial charge in [0.05, 0.1) is 6.54 Å². The van der Waals surface area contributed by atoms with Gasteiger partial charge in [0.25, 0.3) is 0 Å². The van der Waals surface area contributed by atoms with E-state index in [0.717, 1.165) is 18.6 Å². The van der Waals surface area contributed by atoms with Crippen LogP contribution in [0.3, 0.4) is 0 Å². The molecule has 16 heavy (non-hydrogen) atoms. The molecule has 1 fully saturated rings. The molecular weight excluding hydrogens is 220 g/mol. The van der Waals surface area contributed by atoms with Crippen LogP contribution in [0, 0.1) is 0 Å². The van der Waals surface area contributed by atoms with Gasteiger partial charge < -0.3 is 10.6 Å². The van der Waals surface area contributed by atoms with E-state index in [4.69, 9.17) is 0 Å². The second-order valence-corrected chi connectivity index (χ2v) is 5.55. The average molecular weight is 244 g/mol. The molecule has 0 bridgehead atoms. The molecule has 1 aliphatic rings. The summed E-state index contributed by atoms with van der Waals surface area (Å²) in [7, 11) is 0. The number of carbonyl (C=O) groups is 1. The molecule has 0 aromatic rings. The summed E-state index contributed by atoms with van der Waals surface area (Å²) in [5.41, 5.74) is 0. The molecule has 0 heterocycles. The molecule has 0 saturated heterocycles. The number of carbonyl (C=O) groups excluding carboxylic acids is 1. The molecule has 0 aromatic carbocycles. The van der Waals surface area contributed by atoms with Crippen LogP contribution in [-0.2, 0) is 4.79 Å². The molecule has 1 aliphatic carbocycles. The van der Waals surface area contributed by atoms with Crippen LogP contribution < -0.4 is 10.6 Å². The summed E-state index contributed by atoms with van der Waals surface area (Å²) < 4.78 is 0. The van der Waals surface area contributed by atoms with Crippen molar-refractivity contribution in [3.8, 4) is 0 Å². The largest absolute Gasteiger partial charge is 0.352 e. The third kappa shape index (κ3) is 5.75. The Hall–Kier alpha value is -0.220. The molecule has 2 N–H and O–H groups in total. The summed E-state index contributed by atoms with van der Waals surface area (Å²) in [5.74, 6) is 1.20. The zero-order valence-electron chi connectivity index (χ0n) is 10.4. The summed E-state index contributed by atoms with van der Waals surface area (Å²) in [6, 6.07) is 0.839. The first-order chi connectivity index (χ1) is 7.72. The topological polar surface area (TPSA) is 41.1 Å². The van der Waals surface area contributed by atoms with Gasteiger partial charge in [0.1, 0.15) is 0 Å². The molecule has 0 spiro atoms. The van der Waals surface area contributed by atoms with Gasteiger partial charge in [-0.05, 0) is 26.0 Å². The molecule has 1 saturated carbocycles. The molecule has 0 aromatic heterocycles. The molecule has 1 unspecified atom stereocenters. The van der Waals surface area contributed by atoms with Gasteiger partial charge in [-0.3, -0.25) is 4.79 Å². The van der Waals surface area contributed by atoms with Crippen molar-refractivity contribution in [2.24, 2.45) is 0 Å². The highest BCUT2D eigenvalue weighted by atomic mass is 32.2. The van der Waals surface area contributed by atoms with Gasteiger partial charge in [0, 0.05) is 17.8 Å². The van der Waals surface area contributed by atoms with Gasteiger partial charge in [0.15, 0.2) is 0 Å². The second-order valence-electron chi connectivity index (χ2n) is 4.64. The van der Waals surface area contributed by atoms with Crippen LogP contribution in [0.4, 0.5) is 0 Å². The van der Waals surface area contributed by atoms with E-state index in [0.29, 0.717) is 18.6 Å². The molecule has 4 heteroatoms. The Kier molecular flexibility index (Phi) is 6.88. The lowest BCUT2D eigenvalue weighted by atomic mass is 9.95. The molecule has 1 atom stereocenters. The van der Waals surface area contributed by atoms with Gasteiger partial charge in [-0.25, -0.2) is 0 Å². The number of amides is 1. The van der Waals surface area contributed by atoms with E-state index in [-0.39, 0.29) is 5.91 Å². The molecule has 1 rings (SSSR count). The first-order valence-electron chi connectivity index (χ1n) is 6.24. The predicted molar refractivity (Wildman–Crippen MR) is 70.9 cm³/mol. The van der Waals surface area contributed by atoms with Crippen molar-refractivity contribution in [3.05, 3.63) is 0 Å². The van der Waals surface area contributed by atoms with Crippen LogP contribution in [0.15, 0.2) is 0 Å². The maximum Gasteiger partial charge on any atom is 0.234 e. The fourth-order valence-electron chi connectivity index (χ4n) is 2.10. The number of hydrogen-bond acceptors (Lipinski definition) is 3. The van der Waals surface area contributed by atoms with Gasteiger partial charge in [-0.2, -0.15) is 11.8 Å². The molecule has 1 amide bonds. The molecule has 3 nitrogen and oxygen atoms in total. The summed E-state index contributed by atoms with van der Waals surface area (Å²) in [5, 5.41) is 6.35. The first-order valence-corrected chi connectivity index (χ1v) is 7.63. The van der Waals surface area contributed by atoms with E-state index in [1.54, 1.807) is 11.8 Å². The Bertz CT molecular complexity index is 205. The van der Waals surface area contributed by atoms with Crippen molar-refractivity contribution < 1.29 is 4.79 Å². The minimum absolute atomic E-state index is 0.153. The van der Waals surface area contributed by atoms with Gasteiger partial charge in [-0.15, -0.1) is 0 Å². The van der Waals surface area contributed by atoms with Crippen molar-refractivity contribution in [2.45, 2.75) is 51.1 Å². The monoisotopic (exact) mass is 244 g/mol. The van der Waals surface area contributed by atoms with Crippen molar-refractivity contribution in [1.29, 1.82) is 0 Å². The SMILES string of the molecule is CSCC(C)NCC(=O)NC1CCCCC1. The van der Waals surface area contributed by atoms with Crippen LogP contribution in [0.25, 0.3) is 0 Å². The highest BCUT2D eigenvalue weighted by Gasteiger charge is 2.15. The fraction of sp³-hybridized carbons (Fsp3) is 0.917. The number of hydrogen-bond donors (Lipinski definition) is 2. The smallest absolute Gasteiger partial charge is 0.234 e. The van der Waals surface area contributed by atoms with Crippen LogP contribution in [0.5, 0.6) is 0 Å². The Morgan fingerprint density at radius 1 is 1.38 bits per heavy atom. The Morgan fingerprint density at radius 2 is 2.06 bits per heavy atom. The van der Waals surface area contributed by atoms with E-state index in [2.05, 4.69) is 23.8 Å². The maximum atomic E-state index is 11.6. The summed E-state index contributed by atoms with van der Waals surface area (Å²) in [6.45, 7) is 2.57. The van der Waals surface area contributed by atoms with Gasteiger partial charge >= 0.3 is 0 Å². The van der Waals surface area contributed by atoms with Crippen molar-refractivity contribution in [2.75, 3.05) is 18.6 Å². The van der Waals surface area contributed by atoms with E-state index in [1.807, 2.05) is 0 Å². The van der Waals surface area contributed by atoms with E-state index in [9.17, 15) is 4.79 Å². The fourth-order valence-corrected chi connectivity index (χ4v) is 2.72. The second kappa shape index (κ2) is 7.96. The lowest BCUT2D eigenvalue weighted by Gasteiger charge is -2.23. The van der Waals surface area contributed by atoms with E-state index >= 15 is 0 Å². The lowest BCUT2D eigenvalue weighted by molar-refractivity contribution is -0.121. The Labute approximate surface area is 103 Å². The highest BCUT2D eigenvalue weighted by Crippen LogP contribution is 2.17. The van der Waals surface area contributed by atoms with Crippen molar-refractivity contribution in [1.82, 2.24) is 10.6 Å². The van der Waals surface area contributed by atoms with E-state index < -0.39 is 0 Å². The quantitative estimate of drug-likeness (QED) is 0.748. The maximum absolute atomic E-state index is 11.6. The minimum Gasteiger partial charge on any atom is -0.352 e. The summed E-state index contributed by atoms with van der Waals surface area (Å²) in [6.07, 6.45) is 8.26. The number of thioether (sulfide) groups is 1. The molecule has 0 aliphatic heterocycles. The van der Waals surface area contributed by atoms with Crippen LogP contribution in [0.2, 0.25) is 0 Å². The minimum atomic E-state index is 0.153. The number of nitrogens with one attached hydrogen (secondary N) is 2. The average Bonchev–Trinajstić information content (AvgIpc) is 2.28. The zero-order chi connectivity index (χ0) is 11.8. The van der Waals surface area contributed by atoms with Crippen LogP contribution >= 0.6 is 11.8 Å². The first kappa shape index (κ1) is 13.8. The standard InChI is InChI=1S/C12H24N2OS/c1-10(9-16-2)13-8-12(15)14-11-6-4-3-5-7-11/h10-11,13H,3-9H2,1-2H3,(H,14,15). The number of rotatable bonds is 6. The molecule has 94 valence electrons. The normalized spacial score (nSPS) is 19.4. The Balaban J connectivity index is 2.10. The van der Waals surface area contributed by atoms with Gasteiger partial charge in [-0.1, -0.05) is 19.3 Å². The van der Waals surface area contributed by atoms with Gasteiger partial charge in [0.2, 0.25) is 5.91 Å². The lowest BCUT2D eigenvalue weighted by Crippen LogP contribution is -2.43. The van der Waals surface area contributed by atoms with Crippen molar-refractivity contribution in [3.63, 3.8) is 0 Å². The summed E-state index contributed by atoms with van der Waals surface area (Å²) >= 11 is 1.80. The zero-order valence-corrected chi connectivity index (χ0v) is 11.2. The van der Waals surface area contributed by atoms with E-state index in [1.165, 1.54) is 19.3 Å². The highest BCUT2D eigenvalue weighted by molar-refractivity contribution is 7.98. The summed E-state index contributed by atoms with van der Waals surface area (Å²) in [4.78, 5) is 11.6. The third-order valence-electron chi connectivity index (χ3n) is 3.00. The van der Waals surface area contributed by atoms with Crippen LogP contribution in [0.1, 0.15) is 39.0 Å². The van der Waals surface area contributed by atoms with Crippen LogP contribution in [-0.4, -0.2) is 36.5 Å². The third-order valence-corrected chi connectivity index (χ3v) is 3.83. The Morgan fingerprint density at radius 3 is 2.69 bits per heavy atom. The predicted octanol–water partition coefficient (Wildman–Crippen LogP) is 1.78.